The van der Waals surface area contributed by atoms with Crippen LogP contribution in [-0.2, 0) is 4.79 Å². The maximum Gasteiger partial charge on any atom is 0.220 e. The Hall–Kier alpha value is -1.06. The van der Waals surface area contributed by atoms with E-state index >= 15 is 0 Å². The van der Waals surface area contributed by atoms with Crippen molar-refractivity contribution in [2.75, 3.05) is 0 Å². The number of nitrogens with two attached hydrogens (primary N) is 1. The first-order valence-electron chi connectivity index (χ1n) is 5.80. The van der Waals surface area contributed by atoms with Gasteiger partial charge in [0.1, 0.15) is 0 Å². The number of halogens is 1. The van der Waals surface area contributed by atoms with Crippen LogP contribution in [0.15, 0.2) is 24.3 Å². The first-order valence-corrected chi connectivity index (χ1v) is 6.18. The molecule has 0 heterocycles. The first-order chi connectivity index (χ1) is 8.00. The van der Waals surface area contributed by atoms with Gasteiger partial charge < -0.3 is 11.1 Å². The van der Waals surface area contributed by atoms with Gasteiger partial charge in [-0.25, -0.2) is 0 Å². The predicted molar refractivity (Wildman–Crippen MR) is 70.9 cm³/mol. The fraction of sp³-hybridized carbons (Fsp3) is 0.462. The number of hydrogen-bond acceptors (Lipinski definition) is 2. The van der Waals surface area contributed by atoms with Crippen LogP contribution in [0, 0.1) is 0 Å². The van der Waals surface area contributed by atoms with E-state index in [0.29, 0.717) is 17.9 Å². The SMILES string of the molecule is CC(N)CCC(=O)NC(C)c1ccccc1Cl. The lowest BCUT2D eigenvalue weighted by Crippen LogP contribution is -2.28. The van der Waals surface area contributed by atoms with Crippen LogP contribution < -0.4 is 11.1 Å². The minimum Gasteiger partial charge on any atom is -0.350 e. The van der Waals surface area contributed by atoms with Crippen molar-refractivity contribution in [2.45, 2.75) is 38.8 Å². The average molecular weight is 255 g/mol. The molecule has 17 heavy (non-hydrogen) atoms. The fourth-order valence-corrected chi connectivity index (χ4v) is 1.88. The van der Waals surface area contributed by atoms with Crippen molar-refractivity contribution in [2.24, 2.45) is 5.73 Å². The zero-order valence-corrected chi connectivity index (χ0v) is 11.0. The van der Waals surface area contributed by atoms with Gasteiger partial charge in [0.2, 0.25) is 5.91 Å². The maximum atomic E-state index is 11.6. The monoisotopic (exact) mass is 254 g/mol. The number of benzene rings is 1. The number of nitrogens with one attached hydrogen (secondary N) is 1. The summed E-state index contributed by atoms with van der Waals surface area (Å²) in [6.45, 7) is 3.82. The highest BCUT2D eigenvalue weighted by Crippen LogP contribution is 2.22. The van der Waals surface area contributed by atoms with Crippen molar-refractivity contribution in [3.63, 3.8) is 0 Å². The molecule has 1 rings (SSSR count). The van der Waals surface area contributed by atoms with Gasteiger partial charge in [-0.05, 0) is 31.9 Å². The topological polar surface area (TPSA) is 55.1 Å². The second-order valence-electron chi connectivity index (χ2n) is 4.33. The van der Waals surface area contributed by atoms with E-state index in [1.165, 1.54) is 0 Å². The van der Waals surface area contributed by atoms with E-state index in [4.69, 9.17) is 17.3 Å². The van der Waals surface area contributed by atoms with E-state index in [0.717, 1.165) is 5.56 Å². The minimum atomic E-state index is -0.0794. The summed E-state index contributed by atoms with van der Waals surface area (Å²) >= 11 is 6.06. The molecule has 0 radical (unpaired) electrons. The minimum absolute atomic E-state index is 0.00900. The number of hydrogen-bond donors (Lipinski definition) is 2. The summed E-state index contributed by atoms with van der Waals surface area (Å²) in [5.41, 5.74) is 6.54. The number of carbonyl (C=O) groups is 1. The van der Waals surface area contributed by atoms with Crippen LogP contribution in [0.25, 0.3) is 0 Å². The molecule has 0 fully saturated rings. The Kier molecular flexibility index (Phi) is 5.45. The van der Waals surface area contributed by atoms with E-state index in [9.17, 15) is 4.79 Å². The molecule has 1 amide bonds. The van der Waals surface area contributed by atoms with E-state index < -0.39 is 0 Å². The van der Waals surface area contributed by atoms with Crippen LogP contribution in [0.4, 0.5) is 0 Å². The Morgan fingerprint density at radius 2 is 2.06 bits per heavy atom. The number of rotatable bonds is 5. The van der Waals surface area contributed by atoms with Crippen LogP contribution in [0.2, 0.25) is 5.02 Å². The Labute approximate surface area is 107 Å². The molecular weight excluding hydrogens is 236 g/mol. The van der Waals surface area contributed by atoms with Crippen molar-refractivity contribution < 1.29 is 4.79 Å². The zero-order chi connectivity index (χ0) is 12.8. The lowest BCUT2D eigenvalue weighted by molar-refractivity contribution is -0.121. The van der Waals surface area contributed by atoms with Crippen molar-refractivity contribution in [3.05, 3.63) is 34.9 Å². The van der Waals surface area contributed by atoms with Gasteiger partial charge in [-0.15, -0.1) is 0 Å². The molecule has 0 aromatic heterocycles. The molecule has 0 aliphatic carbocycles. The summed E-state index contributed by atoms with van der Waals surface area (Å²) in [5.74, 6) is 0.00900. The summed E-state index contributed by atoms with van der Waals surface area (Å²) in [4.78, 5) is 11.6. The third-order valence-corrected chi connectivity index (χ3v) is 2.92. The molecule has 0 aliphatic heterocycles. The predicted octanol–water partition coefficient (Wildman–Crippen LogP) is 2.64. The molecule has 0 spiro atoms. The second-order valence-corrected chi connectivity index (χ2v) is 4.73. The molecular formula is C13H19ClN2O. The molecule has 4 heteroatoms. The van der Waals surface area contributed by atoms with E-state index in [1.807, 2.05) is 38.1 Å². The fourth-order valence-electron chi connectivity index (χ4n) is 1.58. The van der Waals surface area contributed by atoms with E-state index in [1.54, 1.807) is 0 Å². The summed E-state index contributed by atoms with van der Waals surface area (Å²) in [6, 6.07) is 7.49. The van der Waals surface area contributed by atoms with Crippen molar-refractivity contribution in [1.82, 2.24) is 5.32 Å². The third-order valence-electron chi connectivity index (χ3n) is 2.58. The van der Waals surface area contributed by atoms with Gasteiger partial charge in [-0.1, -0.05) is 29.8 Å². The number of carbonyl (C=O) groups excluding carboxylic acids is 1. The van der Waals surface area contributed by atoms with Gasteiger partial charge in [0, 0.05) is 17.5 Å². The Morgan fingerprint density at radius 3 is 2.65 bits per heavy atom. The molecule has 0 aliphatic rings. The average Bonchev–Trinajstić information content (AvgIpc) is 2.26. The van der Waals surface area contributed by atoms with Crippen molar-refractivity contribution in [3.8, 4) is 0 Å². The molecule has 3 N–H and O–H groups in total. The van der Waals surface area contributed by atoms with Gasteiger partial charge in [-0.3, -0.25) is 4.79 Å². The van der Waals surface area contributed by atoms with Crippen molar-refractivity contribution >= 4 is 17.5 Å². The summed E-state index contributed by atoms with van der Waals surface area (Å²) in [5, 5.41) is 3.59. The molecule has 2 atom stereocenters. The van der Waals surface area contributed by atoms with Gasteiger partial charge >= 0.3 is 0 Å². The molecule has 2 unspecified atom stereocenters. The van der Waals surface area contributed by atoms with Gasteiger partial charge in [0.15, 0.2) is 0 Å². The highest BCUT2D eigenvalue weighted by molar-refractivity contribution is 6.31. The Bertz CT molecular complexity index is 379. The quantitative estimate of drug-likeness (QED) is 0.849. The van der Waals surface area contributed by atoms with Crippen LogP contribution in [0.5, 0.6) is 0 Å². The standard InChI is InChI=1S/C13H19ClN2O/c1-9(15)7-8-13(17)16-10(2)11-5-3-4-6-12(11)14/h3-6,9-10H,7-8,15H2,1-2H3,(H,16,17). The molecule has 1 aromatic rings. The largest absolute Gasteiger partial charge is 0.350 e. The Morgan fingerprint density at radius 1 is 1.41 bits per heavy atom. The summed E-state index contributed by atoms with van der Waals surface area (Å²) in [7, 11) is 0. The lowest BCUT2D eigenvalue weighted by atomic mass is 10.1. The molecule has 0 saturated heterocycles. The second kappa shape index (κ2) is 6.62. The molecule has 94 valence electrons. The van der Waals surface area contributed by atoms with Crippen molar-refractivity contribution in [1.29, 1.82) is 0 Å². The van der Waals surface area contributed by atoms with Gasteiger partial charge in [0.25, 0.3) is 0 Å². The molecule has 0 bridgehead atoms. The Balaban J connectivity index is 2.52. The molecule has 1 aromatic carbocycles. The highest BCUT2D eigenvalue weighted by atomic mass is 35.5. The van der Waals surface area contributed by atoms with Gasteiger partial charge in [-0.2, -0.15) is 0 Å². The van der Waals surface area contributed by atoms with Crippen LogP contribution in [-0.4, -0.2) is 11.9 Å². The molecule has 3 nitrogen and oxygen atoms in total. The van der Waals surface area contributed by atoms with Crippen LogP contribution in [0.1, 0.15) is 38.3 Å². The normalized spacial score (nSPS) is 14.1. The lowest BCUT2D eigenvalue weighted by Gasteiger charge is -2.16. The summed E-state index contributed by atoms with van der Waals surface area (Å²) in [6.07, 6.45) is 1.15. The first kappa shape index (κ1) is 14.0. The summed E-state index contributed by atoms with van der Waals surface area (Å²) < 4.78 is 0. The number of amides is 1. The van der Waals surface area contributed by atoms with Gasteiger partial charge in [0.05, 0.1) is 6.04 Å². The smallest absolute Gasteiger partial charge is 0.220 e. The third kappa shape index (κ3) is 4.75. The van der Waals surface area contributed by atoms with Crippen LogP contribution in [0.3, 0.4) is 0 Å². The van der Waals surface area contributed by atoms with E-state index in [2.05, 4.69) is 5.32 Å². The highest BCUT2D eigenvalue weighted by Gasteiger charge is 2.12. The van der Waals surface area contributed by atoms with Crippen LogP contribution >= 0.6 is 11.6 Å². The maximum absolute atomic E-state index is 11.6. The zero-order valence-electron chi connectivity index (χ0n) is 10.2. The van der Waals surface area contributed by atoms with E-state index in [-0.39, 0.29) is 18.0 Å². The molecule has 0 saturated carbocycles.